The smallest absolute Gasteiger partial charge is 0.128 e. The Kier molecular flexibility index (Phi) is 2.17. The number of aromatic amines is 1. The molecule has 1 aromatic carbocycles. The van der Waals surface area contributed by atoms with Crippen molar-refractivity contribution in [3.63, 3.8) is 0 Å². The first-order chi connectivity index (χ1) is 6.74. The van der Waals surface area contributed by atoms with Gasteiger partial charge in [0.25, 0.3) is 0 Å². The van der Waals surface area contributed by atoms with E-state index in [1.807, 2.05) is 31.3 Å². The van der Waals surface area contributed by atoms with Crippen LogP contribution in [0.4, 0.5) is 0 Å². The van der Waals surface area contributed by atoms with Gasteiger partial charge in [-0.25, -0.2) is 0 Å². The van der Waals surface area contributed by atoms with Crippen LogP contribution in [0.3, 0.4) is 0 Å². The molecular formula is C11H14N2O. The number of H-pyrrole nitrogens is 1. The van der Waals surface area contributed by atoms with Crippen LogP contribution in [0, 0.1) is 0 Å². The molecule has 0 unspecified atom stereocenters. The van der Waals surface area contributed by atoms with Gasteiger partial charge in [0.15, 0.2) is 0 Å². The van der Waals surface area contributed by atoms with E-state index in [9.17, 15) is 0 Å². The average Bonchev–Trinajstić information content (AvgIpc) is 2.60. The maximum atomic E-state index is 5.87. The van der Waals surface area contributed by atoms with E-state index in [4.69, 9.17) is 10.5 Å². The van der Waals surface area contributed by atoms with E-state index in [2.05, 4.69) is 4.98 Å². The fraction of sp³-hybridized carbons (Fsp3) is 0.273. The number of nitrogens with two attached hydrogens (primary N) is 1. The van der Waals surface area contributed by atoms with Crippen LogP contribution in [-0.2, 0) is 0 Å². The molecule has 0 aliphatic carbocycles. The maximum Gasteiger partial charge on any atom is 0.128 e. The van der Waals surface area contributed by atoms with Gasteiger partial charge < -0.3 is 15.5 Å². The quantitative estimate of drug-likeness (QED) is 0.762. The number of fused-ring (bicyclic) bond motifs is 1. The molecule has 1 heterocycles. The fourth-order valence-electron chi connectivity index (χ4n) is 1.71. The number of aromatic nitrogens is 1. The van der Waals surface area contributed by atoms with Crippen molar-refractivity contribution >= 4 is 10.9 Å². The second-order valence-corrected chi connectivity index (χ2v) is 3.42. The zero-order chi connectivity index (χ0) is 10.1. The van der Waals surface area contributed by atoms with E-state index in [1.165, 1.54) is 0 Å². The van der Waals surface area contributed by atoms with Crippen molar-refractivity contribution in [2.45, 2.75) is 13.0 Å². The lowest BCUT2D eigenvalue weighted by molar-refractivity contribution is 0.419. The van der Waals surface area contributed by atoms with Crippen molar-refractivity contribution in [2.24, 2.45) is 5.73 Å². The summed E-state index contributed by atoms with van der Waals surface area (Å²) in [5, 5.41) is 1.09. The first-order valence-electron chi connectivity index (χ1n) is 4.63. The van der Waals surface area contributed by atoms with Gasteiger partial charge in [-0.1, -0.05) is 6.07 Å². The summed E-state index contributed by atoms with van der Waals surface area (Å²) in [5.41, 5.74) is 8.03. The van der Waals surface area contributed by atoms with Crippen molar-refractivity contribution in [2.75, 3.05) is 7.11 Å². The molecule has 1 aromatic heterocycles. The second-order valence-electron chi connectivity index (χ2n) is 3.42. The van der Waals surface area contributed by atoms with Crippen LogP contribution >= 0.6 is 0 Å². The van der Waals surface area contributed by atoms with E-state index < -0.39 is 0 Å². The Labute approximate surface area is 82.9 Å². The summed E-state index contributed by atoms with van der Waals surface area (Å²) in [6.07, 6.45) is 1.94. The molecule has 0 saturated heterocycles. The van der Waals surface area contributed by atoms with Gasteiger partial charge in [-0.15, -0.1) is 0 Å². The highest BCUT2D eigenvalue weighted by atomic mass is 16.5. The number of benzene rings is 1. The molecule has 0 aliphatic rings. The number of hydrogen-bond acceptors (Lipinski definition) is 2. The van der Waals surface area contributed by atoms with Crippen LogP contribution < -0.4 is 10.5 Å². The van der Waals surface area contributed by atoms with Crippen LogP contribution in [-0.4, -0.2) is 12.1 Å². The summed E-state index contributed by atoms with van der Waals surface area (Å²) in [5.74, 6) is 0.871. The number of ether oxygens (including phenoxy) is 1. The van der Waals surface area contributed by atoms with Crippen molar-refractivity contribution in [1.82, 2.24) is 4.98 Å². The normalized spacial score (nSPS) is 13.1. The summed E-state index contributed by atoms with van der Waals surface area (Å²) in [6, 6.07) is 5.94. The zero-order valence-corrected chi connectivity index (χ0v) is 8.37. The second kappa shape index (κ2) is 3.35. The van der Waals surface area contributed by atoms with Gasteiger partial charge >= 0.3 is 0 Å². The molecule has 0 aliphatic heterocycles. The van der Waals surface area contributed by atoms with Gasteiger partial charge in [0.1, 0.15) is 5.75 Å². The minimum Gasteiger partial charge on any atom is -0.496 e. The fourth-order valence-corrected chi connectivity index (χ4v) is 1.71. The van der Waals surface area contributed by atoms with E-state index >= 15 is 0 Å². The first-order valence-corrected chi connectivity index (χ1v) is 4.63. The molecule has 0 fully saturated rings. The Morgan fingerprint density at radius 2 is 2.21 bits per heavy atom. The van der Waals surface area contributed by atoms with Gasteiger partial charge in [-0.3, -0.25) is 0 Å². The van der Waals surface area contributed by atoms with E-state index in [-0.39, 0.29) is 6.04 Å². The van der Waals surface area contributed by atoms with Crippen molar-refractivity contribution in [1.29, 1.82) is 0 Å². The van der Waals surface area contributed by atoms with Gasteiger partial charge in [-0.2, -0.15) is 0 Å². The minimum absolute atomic E-state index is 0.0139. The molecule has 0 radical (unpaired) electrons. The number of rotatable bonds is 2. The standard InChI is InChI=1S/C11H14N2O/c1-7(12)8-6-13-9-4-3-5-10(14-2)11(8)9/h3-7,13H,12H2,1-2H3/t7-/m1/s1. The Hall–Kier alpha value is -1.48. The van der Waals surface area contributed by atoms with Crippen LogP contribution in [0.25, 0.3) is 10.9 Å². The van der Waals surface area contributed by atoms with Crippen molar-refractivity contribution < 1.29 is 4.74 Å². The highest BCUT2D eigenvalue weighted by molar-refractivity contribution is 5.89. The molecule has 3 heteroatoms. The Morgan fingerprint density at radius 1 is 1.43 bits per heavy atom. The van der Waals surface area contributed by atoms with Gasteiger partial charge in [0, 0.05) is 23.1 Å². The predicted octanol–water partition coefficient (Wildman–Crippen LogP) is 2.20. The average molecular weight is 190 g/mol. The van der Waals surface area contributed by atoms with Crippen molar-refractivity contribution in [3.05, 3.63) is 30.0 Å². The summed E-state index contributed by atoms with van der Waals surface area (Å²) < 4.78 is 5.30. The molecule has 2 rings (SSSR count). The molecule has 3 N–H and O–H groups in total. The van der Waals surface area contributed by atoms with E-state index in [0.29, 0.717) is 0 Å². The van der Waals surface area contributed by atoms with Crippen LogP contribution in [0.2, 0.25) is 0 Å². The molecule has 2 aromatic rings. The molecule has 74 valence electrons. The molecular weight excluding hydrogens is 176 g/mol. The Balaban J connectivity index is 2.74. The molecule has 14 heavy (non-hydrogen) atoms. The molecule has 3 nitrogen and oxygen atoms in total. The Morgan fingerprint density at radius 3 is 2.86 bits per heavy atom. The van der Waals surface area contributed by atoms with Gasteiger partial charge in [0.05, 0.1) is 7.11 Å². The summed E-state index contributed by atoms with van der Waals surface area (Å²) in [7, 11) is 1.67. The summed E-state index contributed by atoms with van der Waals surface area (Å²) in [4.78, 5) is 3.18. The lowest BCUT2D eigenvalue weighted by Crippen LogP contribution is -2.04. The topological polar surface area (TPSA) is 51.0 Å². The molecule has 0 spiro atoms. The van der Waals surface area contributed by atoms with Gasteiger partial charge in [0.2, 0.25) is 0 Å². The van der Waals surface area contributed by atoms with Gasteiger partial charge in [-0.05, 0) is 24.6 Å². The van der Waals surface area contributed by atoms with Crippen LogP contribution in [0.15, 0.2) is 24.4 Å². The summed E-state index contributed by atoms with van der Waals surface area (Å²) in [6.45, 7) is 1.97. The van der Waals surface area contributed by atoms with Crippen LogP contribution in [0.5, 0.6) is 5.75 Å². The zero-order valence-electron chi connectivity index (χ0n) is 8.37. The third-order valence-electron chi connectivity index (χ3n) is 2.41. The number of nitrogens with one attached hydrogen (secondary N) is 1. The third kappa shape index (κ3) is 1.26. The molecule has 1 atom stereocenters. The molecule has 0 amide bonds. The first kappa shape index (κ1) is 9.09. The lowest BCUT2D eigenvalue weighted by Gasteiger charge is -2.06. The van der Waals surface area contributed by atoms with E-state index in [0.717, 1.165) is 22.2 Å². The molecule has 0 bridgehead atoms. The highest BCUT2D eigenvalue weighted by Gasteiger charge is 2.11. The lowest BCUT2D eigenvalue weighted by atomic mass is 10.1. The Bertz CT molecular complexity index is 445. The number of hydrogen-bond donors (Lipinski definition) is 2. The third-order valence-corrected chi connectivity index (χ3v) is 2.41. The monoisotopic (exact) mass is 190 g/mol. The largest absolute Gasteiger partial charge is 0.496 e. The highest BCUT2D eigenvalue weighted by Crippen LogP contribution is 2.30. The number of methoxy groups -OCH3 is 1. The molecule has 0 saturated carbocycles. The van der Waals surface area contributed by atoms with E-state index in [1.54, 1.807) is 7.11 Å². The van der Waals surface area contributed by atoms with Crippen LogP contribution in [0.1, 0.15) is 18.5 Å². The SMILES string of the molecule is COc1cccc2[nH]cc([C@@H](C)N)c12. The predicted molar refractivity (Wildman–Crippen MR) is 57.5 cm³/mol. The minimum atomic E-state index is 0.0139. The summed E-state index contributed by atoms with van der Waals surface area (Å²) >= 11 is 0. The maximum absolute atomic E-state index is 5.87. The van der Waals surface area contributed by atoms with Crippen molar-refractivity contribution in [3.8, 4) is 5.75 Å².